The standard InChI is InChI=1S/C12H16IN2O2/c1-13-10-6-4-5-9(7-10)12(17)15(3)8-11(16)14-2/h4-7H,8H2,1-3H3,(H,14,16)/q-1. The van der Waals surface area contributed by atoms with Crippen LogP contribution in [-0.2, 0) is 4.79 Å². The van der Waals surface area contributed by atoms with Gasteiger partial charge in [-0.05, 0) is 0 Å². The van der Waals surface area contributed by atoms with Crippen LogP contribution in [0.2, 0.25) is 0 Å². The van der Waals surface area contributed by atoms with Crippen LogP contribution in [0.15, 0.2) is 24.3 Å². The molecule has 2 amide bonds. The Bertz CT molecular complexity index is 421. The Morgan fingerprint density at radius 3 is 2.71 bits per heavy atom. The number of nitrogens with zero attached hydrogens (tertiary/aromatic N) is 1. The van der Waals surface area contributed by atoms with E-state index in [0.717, 1.165) is 0 Å². The zero-order chi connectivity index (χ0) is 12.8. The van der Waals surface area contributed by atoms with E-state index in [1.54, 1.807) is 20.2 Å². The van der Waals surface area contributed by atoms with E-state index in [-0.39, 0.29) is 39.6 Å². The fourth-order valence-electron chi connectivity index (χ4n) is 1.33. The summed E-state index contributed by atoms with van der Waals surface area (Å²) in [5.41, 5.74) is 0.649. The summed E-state index contributed by atoms with van der Waals surface area (Å²) < 4.78 is 1.22. The fourth-order valence-corrected chi connectivity index (χ4v) is 2.54. The minimum absolute atomic E-state index is 0.0234. The van der Waals surface area contributed by atoms with Crippen molar-refractivity contribution in [3.8, 4) is 0 Å². The van der Waals surface area contributed by atoms with E-state index < -0.39 is 0 Å². The van der Waals surface area contributed by atoms with Crippen molar-refractivity contribution in [2.45, 2.75) is 0 Å². The first-order valence-corrected chi connectivity index (χ1v) is 8.37. The number of alkyl halides is 1. The molecule has 0 saturated heterocycles. The van der Waals surface area contributed by atoms with Gasteiger partial charge in [0, 0.05) is 0 Å². The first kappa shape index (κ1) is 14.0. The third kappa shape index (κ3) is 3.99. The molecule has 0 aliphatic carbocycles. The molecular formula is C12H16IN2O2-. The first-order valence-electron chi connectivity index (χ1n) is 5.14. The molecule has 17 heavy (non-hydrogen) atoms. The van der Waals surface area contributed by atoms with Crippen LogP contribution in [0.3, 0.4) is 0 Å². The molecule has 1 N–H and O–H groups in total. The number of likely N-dealkylation sites (N-methyl/N-ethyl adjacent to an activating group) is 2. The number of carbonyl (C=O) groups is 2. The van der Waals surface area contributed by atoms with Gasteiger partial charge in [-0.2, -0.15) is 0 Å². The Morgan fingerprint density at radius 1 is 1.41 bits per heavy atom. The van der Waals surface area contributed by atoms with E-state index in [4.69, 9.17) is 0 Å². The van der Waals surface area contributed by atoms with Crippen molar-refractivity contribution in [3.63, 3.8) is 0 Å². The Labute approximate surface area is 112 Å². The molecule has 0 unspecified atom stereocenters. The Kier molecular flexibility index (Phi) is 5.40. The number of rotatable bonds is 4. The number of benzene rings is 1. The number of hydrogen-bond acceptors (Lipinski definition) is 2. The molecule has 0 aromatic heterocycles. The summed E-state index contributed by atoms with van der Waals surface area (Å²) in [7, 11) is 3.19. The van der Waals surface area contributed by atoms with E-state index in [9.17, 15) is 9.59 Å². The van der Waals surface area contributed by atoms with E-state index >= 15 is 0 Å². The van der Waals surface area contributed by atoms with Crippen molar-refractivity contribution in [2.24, 2.45) is 0 Å². The summed E-state index contributed by atoms with van der Waals surface area (Å²) in [6, 6.07) is 7.61. The Balaban J connectivity index is 2.77. The number of halogens is 1. The van der Waals surface area contributed by atoms with Gasteiger partial charge in [0.2, 0.25) is 0 Å². The third-order valence-electron chi connectivity index (χ3n) is 2.30. The molecule has 1 aromatic rings. The molecule has 0 aliphatic heterocycles. The molecule has 1 aromatic carbocycles. The van der Waals surface area contributed by atoms with Gasteiger partial charge >= 0.3 is 112 Å². The van der Waals surface area contributed by atoms with Crippen molar-refractivity contribution in [2.75, 3.05) is 25.6 Å². The zero-order valence-corrected chi connectivity index (χ0v) is 12.3. The topological polar surface area (TPSA) is 49.4 Å². The van der Waals surface area contributed by atoms with Crippen LogP contribution in [0.5, 0.6) is 0 Å². The average Bonchev–Trinajstić information content (AvgIpc) is 2.37. The second-order valence-corrected chi connectivity index (χ2v) is 5.86. The van der Waals surface area contributed by atoms with Gasteiger partial charge in [0.1, 0.15) is 0 Å². The summed E-state index contributed by atoms with van der Waals surface area (Å²) in [6.07, 6.45) is 0. The zero-order valence-electron chi connectivity index (χ0n) is 10.2. The summed E-state index contributed by atoms with van der Waals surface area (Å²) in [5, 5.41) is 2.50. The van der Waals surface area contributed by atoms with Crippen molar-refractivity contribution >= 4 is 11.8 Å². The second kappa shape index (κ2) is 6.58. The molecule has 5 heteroatoms. The number of carbonyl (C=O) groups excluding carboxylic acids is 2. The van der Waals surface area contributed by atoms with Gasteiger partial charge in [-0.3, -0.25) is 0 Å². The van der Waals surface area contributed by atoms with Gasteiger partial charge in [-0.15, -0.1) is 0 Å². The maximum atomic E-state index is 12.0. The second-order valence-electron chi connectivity index (χ2n) is 3.53. The summed E-state index contributed by atoms with van der Waals surface area (Å²) >= 11 is -0.0234. The minimum atomic E-state index is -0.167. The van der Waals surface area contributed by atoms with Crippen LogP contribution in [0.1, 0.15) is 10.4 Å². The summed E-state index contributed by atoms with van der Waals surface area (Å²) in [5.74, 6) is -0.284. The van der Waals surface area contributed by atoms with Crippen molar-refractivity contribution in [1.29, 1.82) is 0 Å². The van der Waals surface area contributed by atoms with E-state index in [0.29, 0.717) is 5.56 Å². The molecule has 0 saturated carbocycles. The fraction of sp³-hybridized carbons (Fsp3) is 0.333. The predicted molar refractivity (Wildman–Crippen MR) is 62.1 cm³/mol. The van der Waals surface area contributed by atoms with Crippen LogP contribution >= 0.6 is 0 Å². The molecule has 0 radical (unpaired) electrons. The number of amides is 2. The molecule has 4 nitrogen and oxygen atoms in total. The van der Waals surface area contributed by atoms with Crippen LogP contribution < -0.4 is 26.5 Å². The molecule has 1 rings (SSSR count). The molecular weight excluding hydrogens is 331 g/mol. The average molecular weight is 347 g/mol. The van der Waals surface area contributed by atoms with Crippen molar-refractivity contribution in [3.05, 3.63) is 33.4 Å². The maximum absolute atomic E-state index is 12.0. The summed E-state index contributed by atoms with van der Waals surface area (Å²) in [4.78, 5) is 26.8. The summed E-state index contributed by atoms with van der Waals surface area (Å²) in [6.45, 7) is 0.0841. The number of nitrogens with one attached hydrogen (secondary N) is 1. The van der Waals surface area contributed by atoms with Gasteiger partial charge in [0.25, 0.3) is 0 Å². The van der Waals surface area contributed by atoms with Crippen LogP contribution in [-0.4, -0.2) is 42.3 Å². The number of hydrogen-bond donors (Lipinski definition) is 1. The molecule has 0 heterocycles. The van der Waals surface area contributed by atoms with Crippen molar-refractivity contribution < 1.29 is 30.8 Å². The normalized spacial score (nSPS) is 10.1. The molecule has 94 valence electrons. The molecule has 0 bridgehead atoms. The van der Waals surface area contributed by atoms with Gasteiger partial charge in [0.05, 0.1) is 0 Å². The van der Waals surface area contributed by atoms with Gasteiger partial charge in [-0.25, -0.2) is 0 Å². The van der Waals surface area contributed by atoms with Gasteiger partial charge < -0.3 is 0 Å². The Morgan fingerprint density at radius 2 is 2.12 bits per heavy atom. The molecule has 0 fully saturated rings. The van der Waals surface area contributed by atoms with E-state index in [1.807, 2.05) is 18.2 Å². The third-order valence-corrected chi connectivity index (χ3v) is 4.21. The van der Waals surface area contributed by atoms with E-state index in [2.05, 4.69) is 10.2 Å². The molecule has 0 atom stereocenters. The first-order chi connectivity index (χ1) is 8.08. The predicted octanol–water partition coefficient (Wildman–Crippen LogP) is -2.61. The molecule has 0 spiro atoms. The Hall–Kier alpha value is -1.11. The van der Waals surface area contributed by atoms with Crippen LogP contribution in [0, 0.1) is 3.57 Å². The van der Waals surface area contributed by atoms with Crippen LogP contribution in [0.25, 0.3) is 0 Å². The SMILES string of the molecule is CNC(=O)CN(C)C(=O)c1cccc([I-]C)c1. The quantitative estimate of drug-likeness (QED) is 0.480. The van der Waals surface area contributed by atoms with Crippen molar-refractivity contribution in [1.82, 2.24) is 10.2 Å². The monoisotopic (exact) mass is 347 g/mol. The van der Waals surface area contributed by atoms with Gasteiger partial charge in [0.15, 0.2) is 0 Å². The van der Waals surface area contributed by atoms with Crippen LogP contribution in [0.4, 0.5) is 0 Å². The molecule has 0 aliphatic rings. The van der Waals surface area contributed by atoms with Gasteiger partial charge in [-0.1, -0.05) is 0 Å². The van der Waals surface area contributed by atoms with E-state index in [1.165, 1.54) is 8.47 Å².